The molecule has 1 unspecified atom stereocenters. The smallest absolute Gasteiger partial charge is 0.410 e. The lowest BCUT2D eigenvalue weighted by atomic mass is 10.0. The third kappa shape index (κ3) is 5.45. The first-order chi connectivity index (χ1) is 18.2. The third-order valence-corrected chi connectivity index (χ3v) is 6.65. The highest BCUT2D eigenvalue weighted by Crippen LogP contribution is 2.37. The molecule has 2 aliphatic rings. The maximum absolute atomic E-state index is 12.6. The molecule has 3 aromatic rings. The van der Waals surface area contributed by atoms with Crippen molar-refractivity contribution in [3.63, 3.8) is 0 Å². The van der Waals surface area contributed by atoms with E-state index in [1.54, 1.807) is 9.58 Å². The molecular formula is C28H34N6O4. The van der Waals surface area contributed by atoms with Gasteiger partial charge in [-0.2, -0.15) is 5.10 Å². The number of primary amides is 1. The minimum absolute atomic E-state index is 0.00655. The van der Waals surface area contributed by atoms with Gasteiger partial charge in [0.1, 0.15) is 22.8 Å². The van der Waals surface area contributed by atoms with Crippen LogP contribution in [0, 0.1) is 0 Å². The molecule has 3 heterocycles. The third-order valence-electron chi connectivity index (χ3n) is 6.65. The number of anilines is 1. The summed E-state index contributed by atoms with van der Waals surface area (Å²) in [5, 5.41) is 8.23. The average Bonchev–Trinajstić information content (AvgIpc) is 3.29. The predicted molar refractivity (Wildman–Crippen MR) is 144 cm³/mol. The van der Waals surface area contributed by atoms with Gasteiger partial charge in [0, 0.05) is 32.7 Å². The number of aromatic nitrogens is 2. The first-order valence-electron chi connectivity index (χ1n) is 12.9. The van der Waals surface area contributed by atoms with E-state index in [0.717, 1.165) is 17.9 Å². The summed E-state index contributed by atoms with van der Waals surface area (Å²) in [6.07, 6.45) is 0.543. The minimum Gasteiger partial charge on any atom is -0.457 e. The maximum atomic E-state index is 12.6. The van der Waals surface area contributed by atoms with Crippen LogP contribution in [0.1, 0.15) is 49.4 Å². The zero-order valence-corrected chi connectivity index (χ0v) is 22.0. The zero-order chi connectivity index (χ0) is 26.9. The summed E-state index contributed by atoms with van der Waals surface area (Å²) < 4.78 is 13.0. The number of benzene rings is 2. The van der Waals surface area contributed by atoms with Crippen molar-refractivity contribution < 1.29 is 19.1 Å². The van der Waals surface area contributed by atoms with Crippen LogP contribution in [-0.2, 0) is 4.74 Å². The Labute approximate surface area is 222 Å². The van der Waals surface area contributed by atoms with Crippen LogP contribution in [0.3, 0.4) is 0 Å². The Morgan fingerprint density at radius 1 is 0.974 bits per heavy atom. The van der Waals surface area contributed by atoms with Gasteiger partial charge in [-0.3, -0.25) is 9.69 Å². The first-order valence-corrected chi connectivity index (χ1v) is 12.9. The van der Waals surface area contributed by atoms with Crippen molar-refractivity contribution in [2.24, 2.45) is 5.73 Å². The van der Waals surface area contributed by atoms with Gasteiger partial charge in [0.15, 0.2) is 5.69 Å². The lowest BCUT2D eigenvalue weighted by Crippen LogP contribution is -2.51. The molecule has 3 N–H and O–H groups in total. The van der Waals surface area contributed by atoms with Gasteiger partial charge in [-0.25, -0.2) is 9.48 Å². The van der Waals surface area contributed by atoms with Crippen molar-refractivity contribution in [3.05, 3.63) is 66.0 Å². The fourth-order valence-electron chi connectivity index (χ4n) is 4.91. The number of ether oxygens (including phenoxy) is 2. The number of nitrogens with two attached hydrogens (primary N) is 1. The highest BCUT2D eigenvalue weighted by molar-refractivity contribution is 5.98. The number of amides is 2. The van der Waals surface area contributed by atoms with Crippen LogP contribution in [0.2, 0.25) is 0 Å². The SMILES string of the molecule is CC(C)(C)OC(=O)N1CCN(C2CCNc3c2nn(-c2ccc(Oc4ccccc4)cc2)c3C(N)=O)CC1. The van der Waals surface area contributed by atoms with E-state index in [1.165, 1.54) is 0 Å². The summed E-state index contributed by atoms with van der Waals surface area (Å²) in [5.74, 6) is 0.869. The molecule has 1 atom stereocenters. The fourth-order valence-corrected chi connectivity index (χ4v) is 4.91. The molecule has 10 nitrogen and oxygen atoms in total. The van der Waals surface area contributed by atoms with Gasteiger partial charge in [-0.05, 0) is 63.6 Å². The largest absolute Gasteiger partial charge is 0.457 e. The second kappa shape index (κ2) is 10.4. The van der Waals surface area contributed by atoms with Crippen LogP contribution in [0.15, 0.2) is 54.6 Å². The molecule has 2 amide bonds. The molecule has 1 fully saturated rings. The van der Waals surface area contributed by atoms with Gasteiger partial charge in [0.25, 0.3) is 5.91 Å². The molecule has 1 saturated heterocycles. The molecule has 2 aromatic carbocycles. The average molecular weight is 519 g/mol. The lowest BCUT2D eigenvalue weighted by Gasteiger charge is -2.40. The van der Waals surface area contributed by atoms with E-state index in [2.05, 4.69) is 10.2 Å². The molecule has 0 radical (unpaired) electrons. The zero-order valence-electron chi connectivity index (χ0n) is 22.0. The number of fused-ring (bicyclic) bond motifs is 1. The summed E-state index contributed by atoms with van der Waals surface area (Å²) in [4.78, 5) is 29.1. The number of hydrogen-bond acceptors (Lipinski definition) is 7. The molecule has 0 spiro atoms. The van der Waals surface area contributed by atoms with Crippen LogP contribution >= 0.6 is 0 Å². The number of carbonyl (C=O) groups excluding carboxylic acids is 2. The van der Waals surface area contributed by atoms with Crippen molar-refractivity contribution >= 4 is 17.7 Å². The molecular weight excluding hydrogens is 484 g/mol. The Hall–Kier alpha value is -4.05. The lowest BCUT2D eigenvalue weighted by molar-refractivity contribution is 0.00952. The molecule has 0 aliphatic carbocycles. The molecule has 5 rings (SSSR count). The normalized spacial score (nSPS) is 17.9. The fraction of sp³-hybridized carbons (Fsp3) is 0.393. The van der Waals surface area contributed by atoms with Gasteiger partial charge in [-0.1, -0.05) is 18.2 Å². The Balaban J connectivity index is 1.36. The molecule has 2 aliphatic heterocycles. The number of nitrogens with one attached hydrogen (secondary N) is 1. The second-order valence-electron chi connectivity index (χ2n) is 10.5. The van der Waals surface area contributed by atoms with Gasteiger partial charge >= 0.3 is 6.09 Å². The van der Waals surface area contributed by atoms with Crippen LogP contribution < -0.4 is 15.8 Å². The quantitative estimate of drug-likeness (QED) is 0.521. The Kier molecular flexibility index (Phi) is 6.98. The summed E-state index contributed by atoms with van der Waals surface area (Å²) >= 11 is 0. The van der Waals surface area contributed by atoms with E-state index in [9.17, 15) is 9.59 Å². The number of rotatable bonds is 5. The highest BCUT2D eigenvalue weighted by atomic mass is 16.6. The molecule has 0 bridgehead atoms. The van der Waals surface area contributed by atoms with Gasteiger partial charge in [-0.15, -0.1) is 0 Å². The highest BCUT2D eigenvalue weighted by Gasteiger charge is 2.36. The van der Waals surface area contributed by atoms with Gasteiger partial charge < -0.3 is 25.4 Å². The summed E-state index contributed by atoms with van der Waals surface area (Å²) in [7, 11) is 0. The molecule has 10 heteroatoms. The second-order valence-corrected chi connectivity index (χ2v) is 10.5. The topological polar surface area (TPSA) is 115 Å². The monoisotopic (exact) mass is 518 g/mol. The Morgan fingerprint density at radius 3 is 2.26 bits per heavy atom. The van der Waals surface area contributed by atoms with Crippen molar-refractivity contribution in [1.82, 2.24) is 19.6 Å². The molecule has 38 heavy (non-hydrogen) atoms. The van der Waals surface area contributed by atoms with Crippen molar-refractivity contribution in [1.29, 1.82) is 0 Å². The number of hydrogen-bond donors (Lipinski definition) is 2. The Bertz CT molecular complexity index is 1290. The number of para-hydroxylation sites is 1. The number of piperazine rings is 1. The molecule has 200 valence electrons. The van der Waals surface area contributed by atoms with E-state index < -0.39 is 11.5 Å². The summed E-state index contributed by atoms with van der Waals surface area (Å²) in [6.45, 7) is 8.82. The number of carbonyl (C=O) groups is 2. The number of nitrogens with zero attached hydrogens (tertiary/aromatic N) is 4. The van der Waals surface area contributed by atoms with Crippen LogP contribution in [0.5, 0.6) is 11.5 Å². The first kappa shape index (κ1) is 25.6. The van der Waals surface area contributed by atoms with Gasteiger partial charge in [0.2, 0.25) is 0 Å². The summed E-state index contributed by atoms with van der Waals surface area (Å²) in [5.41, 5.74) is 7.82. The summed E-state index contributed by atoms with van der Waals surface area (Å²) in [6, 6.07) is 16.9. The van der Waals surface area contributed by atoms with E-state index >= 15 is 0 Å². The van der Waals surface area contributed by atoms with Crippen LogP contribution in [-0.4, -0.2) is 69.9 Å². The maximum Gasteiger partial charge on any atom is 0.410 e. The van der Waals surface area contributed by atoms with Crippen molar-refractivity contribution in [2.75, 3.05) is 38.0 Å². The van der Waals surface area contributed by atoms with Crippen molar-refractivity contribution in [3.8, 4) is 17.2 Å². The Morgan fingerprint density at radius 2 is 1.63 bits per heavy atom. The van der Waals surface area contributed by atoms with Crippen molar-refractivity contribution in [2.45, 2.75) is 38.8 Å². The van der Waals surface area contributed by atoms with E-state index in [-0.39, 0.29) is 12.1 Å². The molecule has 0 saturated carbocycles. The van der Waals surface area contributed by atoms with Gasteiger partial charge in [0.05, 0.1) is 17.4 Å². The molecule has 1 aromatic heterocycles. The van der Waals surface area contributed by atoms with Crippen LogP contribution in [0.25, 0.3) is 5.69 Å². The predicted octanol–water partition coefficient (Wildman–Crippen LogP) is 4.17. The van der Waals surface area contributed by atoms with E-state index in [0.29, 0.717) is 55.5 Å². The minimum atomic E-state index is -0.550. The standard InChI is InChI=1S/C28H34N6O4/c1-28(2,3)38-27(36)33-17-15-32(16-18-33)22-13-14-30-24-23(22)31-34(25(24)26(29)35)19-9-11-21(12-10-19)37-20-7-5-4-6-8-20/h4-12,22,30H,13-18H2,1-3H3,(H2,29,35). The van der Waals surface area contributed by atoms with E-state index in [4.69, 9.17) is 20.3 Å². The van der Waals surface area contributed by atoms with E-state index in [1.807, 2.05) is 75.4 Å². The van der Waals surface area contributed by atoms with Crippen LogP contribution in [0.4, 0.5) is 10.5 Å².